The lowest BCUT2D eigenvalue weighted by Gasteiger charge is -2.07. The molecule has 1 aliphatic rings. The van der Waals surface area contributed by atoms with Gasteiger partial charge in [-0.25, -0.2) is 0 Å². The first kappa shape index (κ1) is 8.68. The fourth-order valence-electron chi connectivity index (χ4n) is 1.30. The normalized spacial score (nSPS) is 13.5. The number of fused-ring (bicyclic) bond motifs is 1. The number of hydrogen-bond donors (Lipinski definition) is 0. The average molecular weight is 162 g/mol. The van der Waals surface area contributed by atoms with Gasteiger partial charge in [0.2, 0.25) is 0 Å². The molecule has 0 saturated carbocycles. The van der Waals surface area contributed by atoms with Crippen molar-refractivity contribution in [1.29, 1.82) is 0 Å². The molecule has 0 radical (unpaired) electrons. The van der Waals surface area contributed by atoms with Crippen molar-refractivity contribution in [3.05, 3.63) is 41.5 Å². The van der Waals surface area contributed by atoms with Crippen molar-refractivity contribution in [2.24, 2.45) is 0 Å². The number of rotatable bonds is 0. The van der Waals surface area contributed by atoms with Gasteiger partial charge >= 0.3 is 0 Å². The lowest BCUT2D eigenvalue weighted by molar-refractivity contribution is 0.0994. The van der Waals surface area contributed by atoms with Crippen LogP contribution in [0, 0.1) is 0 Å². The molecule has 12 heavy (non-hydrogen) atoms. The van der Waals surface area contributed by atoms with Crippen molar-refractivity contribution in [2.75, 3.05) is 0 Å². The Morgan fingerprint density at radius 1 is 1.17 bits per heavy atom. The summed E-state index contributed by atoms with van der Waals surface area (Å²) in [4.78, 5) is 11.2. The van der Waals surface area contributed by atoms with Crippen LogP contribution in [0.2, 0.25) is 0 Å². The van der Waals surface area contributed by atoms with E-state index in [1.54, 1.807) is 0 Å². The molecule has 0 unspecified atom stereocenters. The van der Waals surface area contributed by atoms with Crippen LogP contribution in [0.3, 0.4) is 0 Å². The zero-order chi connectivity index (χ0) is 7.68. The highest BCUT2D eigenvalue weighted by Crippen LogP contribution is 2.17. The zero-order valence-electron chi connectivity index (χ0n) is 6.58. The Morgan fingerprint density at radius 3 is 2.67 bits per heavy atom. The molecule has 0 spiro atoms. The van der Waals surface area contributed by atoms with Crippen LogP contribution in [0.25, 0.3) is 6.08 Å². The molecular formula is C10H10O2. The predicted molar refractivity (Wildman–Crippen MR) is 48.0 cm³/mol. The van der Waals surface area contributed by atoms with E-state index in [9.17, 15) is 4.79 Å². The van der Waals surface area contributed by atoms with Crippen molar-refractivity contribution >= 4 is 11.9 Å². The molecule has 1 aromatic rings. The molecule has 0 fully saturated rings. The Balaban J connectivity index is 0.000000720. The van der Waals surface area contributed by atoms with Crippen LogP contribution in [0.15, 0.2) is 30.3 Å². The van der Waals surface area contributed by atoms with Gasteiger partial charge in [0.1, 0.15) is 0 Å². The topological polar surface area (TPSA) is 48.6 Å². The quantitative estimate of drug-likeness (QED) is 0.569. The van der Waals surface area contributed by atoms with Crippen molar-refractivity contribution in [3.8, 4) is 0 Å². The monoisotopic (exact) mass is 162 g/mol. The largest absolute Gasteiger partial charge is 0.412 e. The third-order valence-corrected chi connectivity index (χ3v) is 1.86. The number of Topliss-reactive ketones (excluding diaryl/α,β-unsaturated/α-hetero) is 1. The highest BCUT2D eigenvalue weighted by molar-refractivity contribution is 6.02. The van der Waals surface area contributed by atoms with Crippen molar-refractivity contribution in [2.45, 2.75) is 6.42 Å². The summed E-state index contributed by atoms with van der Waals surface area (Å²) in [5.41, 5.74) is 1.90. The van der Waals surface area contributed by atoms with Gasteiger partial charge in [-0.3, -0.25) is 4.79 Å². The van der Waals surface area contributed by atoms with Crippen LogP contribution < -0.4 is 0 Å². The summed E-state index contributed by atoms with van der Waals surface area (Å²) < 4.78 is 0. The average Bonchev–Trinajstić information content (AvgIpc) is 2.06. The molecule has 0 aromatic heterocycles. The van der Waals surface area contributed by atoms with Gasteiger partial charge in [-0.2, -0.15) is 0 Å². The van der Waals surface area contributed by atoms with Gasteiger partial charge in [-0.15, -0.1) is 0 Å². The molecule has 0 aliphatic heterocycles. The van der Waals surface area contributed by atoms with Crippen LogP contribution in [-0.2, 0) is 0 Å². The first-order valence-electron chi connectivity index (χ1n) is 3.67. The van der Waals surface area contributed by atoms with Crippen LogP contribution in [-0.4, -0.2) is 11.3 Å². The zero-order valence-corrected chi connectivity index (χ0v) is 6.58. The Bertz CT molecular complexity index is 326. The molecule has 2 rings (SSSR count). The third-order valence-electron chi connectivity index (χ3n) is 1.86. The van der Waals surface area contributed by atoms with Crippen LogP contribution in [0.4, 0.5) is 0 Å². The number of allylic oxidation sites excluding steroid dienone is 1. The number of carbonyl (C=O) groups excluding carboxylic acids is 1. The van der Waals surface area contributed by atoms with Gasteiger partial charge in [0, 0.05) is 12.0 Å². The minimum atomic E-state index is 0. The van der Waals surface area contributed by atoms with Gasteiger partial charge in [0.25, 0.3) is 0 Å². The standard InChI is InChI=1S/C10H8O.H2O/c11-10-7-3-5-8-4-1-2-6-9(8)10;/h1-6H,7H2;1H2. The maximum absolute atomic E-state index is 11.2. The van der Waals surface area contributed by atoms with Crippen LogP contribution >= 0.6 is 0 Å². The maximum atomic E-state index is 11.2. The number of hydrogen-bond acceptors (Lipinski definition) is 1. The van der Waals surface area contributed by atoms with E-state index in [4.69, 9.17) is 0 Å². The second-order valence-electron chi connectivity index (χ2n) is 2.62. The van der Waals surface area contributed by atoms with E-state index < -0.39 is 0 Å². The van der Waals surface area contributed by atoms with Gasteiger partial charge in [0.05, 0.1) is 0 Å². The molecule has 2 heteroatoms. The SMILES string of the molecule is O.O=C1CC=Cc2ccccc21. The summed E-state index contributed by atoms with van der Waals surface area (Å²) in [6.45, 7) is 0. The highest BCUT2D eigenvalue weighted by atomic mass is 16.1. The van der Waals surface area contributed by atoms with E-state index in [1.165, 1.54) is 0 Å². The van der Waals surface area contributed by atoms with Crippen LogP contribution in [0.1, 0.15) is 22.3 Å². The van der Waals surface area contributed by atoms with E-state index in [1.807, 2.05) is 36.4 Å². The molecular weight excluding hydrogens is 152 g/mol. The van der Waals surface area contributed by atoms with E-state index in [0.29, 0.717) is 6.42 Å². The maximum Gasteiger partial charge on any atom is 0.167 e. The first-order valence-corrected chi connectivity index (χ1v) is 3.67. The van der Waals surface area contributed by atoms with Crippen LogP contribution in [0.5, 0.6) is 0 Å². The second-order valence-corrected chi connectivity index (χ2v) is 2.62. The van der Waals surface area contributed by atoms with Crippen molar-refractivity contribution < 1.29 is 10.3 Å². The molecule has 2 nitrogen and oxygen atoms in total. The molecule has 62 valence electrons. The summed E-state index contributed by atoms with van der Waals surface area (Å²) in [5.74, 6) is 0.225. The minimum Gasteiger partial charge on any atom is -0.412 e. The molecule has 1 aliphatic carbocycles. The van der Waals surface area contributed by atoms with E-state index in [-0.39, 0.29) is 11.3 Å². The van der Waals surface area contributed by atoms with Gasteiger partial charge < -0.3 is 5.48 Å². The smallest absolute Gasteiger partial charge is 0.167 e. The van der Waals surface area contributed by atoms with E-state index in [0.717, 1.165) is 11.1 Å². The highest BCUT2D eigenvalue weighted by Gasteiger charge is 2.10. The summed E-state index contributed by atoms with van der Waals surface area (Å²) >= 11 is 0. The predicted octanol–water partition coefficient (Wildman–Crippen LogP) is 1.46. The first-order chi connectivity index (χ1) is 5.38. The molecule has 0 saturated heterocycles. The van der Waals surface area contributed by atoms with Crippen molar-refractivity contribution in [1.82, 2.24) is 0 Å². The minimum absolute atomic E-state index is 0. The van der Waals surface area contributed by atoms with Gasteiger partial charge in [-0.05, 0) is 5.56 Å². The molecule has 1 aromatic carbocycles. The summed E-state index contributed by atoms with van der Waals surface area (Å²) in [6.07, 6.45) is 4.46. The Kier molecular flexibility index (Phi) is 2.41. The second kappa shape index (κ2) is 3.32. The summed E-state index contributed by atoms with van der Waals surface area (Å²) in [5, 5.41) is 0. The number of ketones is 1. The Labute approximate surface area is 70.8 Å². The molecule has 0 atom stereocenters. The molecule has 2 N–H and O–H groups in total. The van der Waals surface area contributed by atoms with E-state index >= 15 is 0 Å². The van der Waals surface area contributed by atoms with Crippen molar-refractivity contribution in [3.63, 3.8) is 0 Å². The molecule has 0 heterocycles. The summed E-state index contributed by atoms with van der Waals surface area (Å²) in [6, 6.07) is 7.68. The fraction of sp³-hybridized carbons (Fsp3) is 0.100. The molecule has 0 bridgehead atoms. The Hall–Kier alpha value is -1.41. The Morgan fingerprint density at radius 2 is 1.92 bits per heavy atom. The number of benzene rings is 1. The fourth-order valence-corrected chi connectivity index (χ4v) is 1.30. The third kappa shape index (κ3) is 1.29. The number of carbonyl (C=O) groups is 1. The van der Waals surface area contributed by atoms with Gasteiger partial charge in [-0.1, -0.05) is 36.4 Å². The van der Waals surface area contributed by atoms with Gasteiger partial charge in [0.15, 0.2) is 5.78 Å². The lowest BCUT2D eigenvalue weighted by Crippen LogP contribution is -2.02. The lowest BCUT2D eigenvalue weighted by atomic mass is 9.97. The molecule has 0 amide bonds. The van der Waals surface area contributed by atoms with E-state index in [2.05, 4.69) is 0 Å². The summed E-state index contributed by atoms with van der Waals surface area (Å²) in [7, 11) is 0.